The van der Waals surface area contributed by atoms with Crippen molar-refractivity contribution >= 4 is 50.9 Å². The summed E-state index contributed by atoms with van der Waals surface area (Å²) in [4.78, 5) is 16.5. The molecule has 0 saturated heterocycles. The minimum atomic E-state index is -0.126. The van der Waals surface area contributed by atoms with Crippen molar-refractivity contribution in [2.24, 2.45) is 0 Å². The predicted molar refractivity (Wildman–Crippen MR) is 123 cm³/mol. The largest absolute Gasteiger partial charge is 0.325 e. The smallest absolute Gasteiger partial charge is 0.234 e. The number of anilines is 1. The quantitative estimate of drug-likeness (QED) is 0.355. The van der Waals surface area contributed by atoms with Gasteiger partial charge in [-0.2, -0.15) is 0 Å². The highest BCUT2D eigenvalue weighted by Crippen LogP contribution is 2.28. The van der Waals surface area contributed by atoms with Crippen molar-refractivity contribution in [1.82, 2.24) is 19.7 Å². The molecule has 9 heteroatoms. The molecule has 2 aromatic heterocycles. The van der Waals surface area contributed by atoms with Crippen molar-refractivity contribution in [3.63, 3.8) is 0 Å². The maximum atomic E-state index is 12.4. The van der Waals surface area contributed by atoms with Crippen LogP contribution in [0, 0.1) is 0 Å². The van der Waals surface area contributed by atoms with Gasteiger partial charge in [-0.25, -0.2) is 0 Å². The normalized spacial score (nSPS) is 10.7. The van der Waals surface area contributed by atoms with Crippen LogP contribution >= 0.6 is 39.3 Å². The van der Waals surface area contributed by atoms with Crippen molar-refractivity contribution in [1.29, 1.82) is 0 Å². The monoisotopic (exact) mass is 499 g/mol. The first-order chi connectivity index (χ1) is 14.6. The van der Waals surface area contributed by atoms with Crippen LogP contribution in [0.1, 0.15) is 0 Å². The lowest BCUT2D eigenvalue weighted by Gasteiger charge is -2.10. The summed E-state index contributed by atoms with van der Waals surface area (Å²) < 4.78 is 2.86. The standard InChI is InChI=1S/C21H15BrClN5OS/c22-15-1-5-17(6-2-15)25-19(29)13-30-21-27-26-20(14-9-11-24-12-10-14)28(21)18-7-3-16(23)4-8-18/h1-12H,13H2,(H,25,29). The van der Waals surface area contributed by atoms with Crippen LogP contribution in [0.4, 0.5) is 5.69 Å². The molecular formula is C21H15BrClN5OS. The lowest BCUT2D eigenvalue weighted by Crippen LogP contribution is -2.14. The molecule has 30 heavy (non-hydrogen) atoms. The van der Waals surface area contributed by atoms with Crippen molar-refractivity contribution in [3.05, 3.63) is 82.6 Å². The fourth-order valence-electron chi connectivity index (χ4n) is 2.73. The highest BCUT2D eigenvalue weighted by Gasteiger charge is 2.17. The van der Waals surface area contributed by atoms with E-state index in [9.17, 15) is 4.79 Å². The van der Waals surface area contributed by atoms with Gasteiger partial charge in [0.05, 0.1) is 5.75 Å². The van der Waals surface area contributed by atoms with Gasteiger partial charge >= 0.3 is 0 Å². The van der Waals surface area contributed by atoms with E-state index in [0.717, 1.165) is 21.4 Å². The summed E-state index contributed by atoms with van der Waals surface area (Å²) in [7, 11) is 0. The van der Waals surface area contributed by atoms with Crippen LogP contribution in [0.3, 0.4) is 0 Å². The Kier molecular flexibility index (Phi) is 6.47. The molecule has 0 unspecified atom stereocenters. The first kappa shape index (κ1) is 20.6. The molecule has 1 N–H and O–H groups in total. The van der Waals surface area contributed by atoms with E-state index in [1.165, 1.54) is 11.8 Å². The minimum absolute atomic E-state index is 0.126. The summed E-state index contributed by atoms with van der Waals surface area (Å²) in [5, 5.41) is 12.8. The summed E-state index contributed by atoms with van der Waals surface area (Å²) >= 11 is 10.7. The average Bonchev–Trinajstić information content (AvgIpc) is 3.19. The zero-order chi connectivity index (χ0) is 20.9. The third kappa shape index (κ3) is 4.89. The number of halogens is 2. The molecular weight excluding hydrogens is 486 g/mol. The van der Waals surface area contributed by atoms with Gasteiger partial charge in [-0.05, 0) is 60.7 Å². The Hall–Kier alpha value is -2.68. The number of aromatic nitrogens is 4. The zero-order valence-corrected chi connectivity index (χ0v) is 18.7. The fourth-order valence-corrected chi connectivity index (χ4v) is 3.88. The third-order valence-corrected chi connectivity index (χ3v) is 5.83. The van der Waals surface area contributed by atoms with E-state index in [2.05, 4.69) is 36.4 Å². The fraction of sp³-hybridized carbons (Fsp3) is 0.0476. The highest BCUT2D eigenvalue weighted by molar-refractivity contribution is 9.10. The molecule has 0 spiro atoms. The molecule has 2 aromatic carbocycles. The molecule has 0 bridgehead atoms. The Bertz CT molecular complexity index is 1150. The van der Waals surface area contributed by atoms with E-state index in [0.29, 0.717) is 16.0 Å². The Labute approximate surface area is 190 Å². The molecule has 0 aliphatic carbocycles. The summed E-state index contributed by atoms with van der Waals surface area (Å²) in [5.74, 6) is 0.729. The Morgan fingerprint density at radius 1 is 1.00 bits per heavy atom. The van der Waals surface area contributed by atoms with Gasteiger partial charge in [0.25, 0.3) is 0 Å². The van der Waals surface area contributed by atoms with E-state index in [1.54, 1.807) is 12.4 Å². The maximum absolute atomic E-state index is 12.4. The molecule has 0 aliphatic heterocycles. The number of pyridine rings is 1. The van der Waals surface area contributed by atoms with Gasteiger partial charge in [0.2, 0.25) is 5.91 Å². The molecule has 0 aliphatic rings. The molecule has 0 saturated carbocycles. The second-order valence-electron chi connectivity index (χ2n) is 6.20. The number of hydrogen-bond donors (Lipinski definition) is 1. The number of carbonyl (C=O) groups excluding carboxylic acids is 1. The van der Waals surface area contributed by atoms with E-state index in [1.807, 2.05) is 65.2 Å². The van der Waals surface area contributed by atoms with E-state index in [4.69, 9.17) is 11.6 Å². The van der Waals surface area contributed by atoms with Crippen molar-refractivity contribution in [3.8, 4) is 17.1 Å². The maximum Gasteiger partial charge on any atom is 0.234 e. The first-order valence-corrected chi connectivity index (χ1v) is 11.1. The average molecular weight is 501 g/mol. The summed E-state index contributed by atoms with van der Waals surface area (Å²) in [6.45, 7) is 0. The van der Waals surface area contributed by atoms with Crippen LogP contribution in [0.2, 0.25) is 5.02 Å². The highest BCUT2D eigenvalue weighted by atomic mass is 79.9. The van der Waals surface area contributed by atoms with Crippen molar-refractivity contribution < 1.29 is 4.79 Å². The van der Waals surface area contributed by atoms with Gasteiger partial charge in [-0.3, -0.25) is 14.3 Å². The second kappa shape index (κ2) is 9.42. The van der Waals surface area contributed by atoms with Gasteiger partial charge in [0.15, 0.2) is 11.0 Å². The van der Waals surface area contributed by atoms with Crippen LogP contribution in [0.15, 0.2) is 82.7 Å². The summed E-state index contributed by atoms with van der Waals surface area (Å²) in [6, 6.07) is 18.6. The number of hydrogen-bond acceptors (Lipinski definition) is 5. The number of nitrogens with one attached hydrogen (secondary N) is 1. The number of thioether (sulfide) groups is 1. The SMILES string of the molecule is O=C(CSc1nnc(-c2ccncc2)n1-c1ccc(Cl)cc1)Nc1ccc(Br)cc1. The van der Waals surface area contributed by atoms with Gasteiger partial charge < -0.3 is 5.32 Å². The number of rotatable bonds is 6. The molecule has 4 aromatic rings. The molecule has 0 atom stereocenters. The topological polar surface area (TPSA) is 72.7 Å². The van der Waals surface area contributed by atoms with Crippen LogP contribution in [0.5, 0.6) is 0 Å². The first-order valence-electron chi connectivity index (χ1n) is 8.90. The van der Waals surface area contributed by atoms with Crippen molar-refractivity contribution in [2.75, 3.05) is 11.1 Å². The molecule has 150 valence electrons. The number of nitrogens with zero attached hydrogens (tertiary/aromatic N) is 4. The van der Waals surface area contributed by atoms with Gasteiger partial charge in [0, 0.05) is 38.8 Å². The van der Waals surface area contributed by atoms with Gasteiger partial charge in [0.1, 0.15) is 0 Å². The number of carbonyl (C=O) groups is 1. The Morgan fingerprint density at radius 3 is 2.40 bits per heavy atom. The van der Waals surface area contributed by atoms with Crippen LogP contribution in [-0.2, 0) is 4.79 Å². The zero-order valence-electron chi connectivity index (χ0n) is 15.5. The number of amides is 1. The van der Waals surface area contributed by atoms with Crippen molar-refractivity contribution in [2.45, 2.75) is 5.16 Å². The van der Waals surface area contributed by atoms with E-state index < -0.39 is 0 Å². The molecule has 1 amide bonds. The van der Waals surface area contributed by atoms with Gasteiger partial charge in [-0.15, -0.1) is 10.2 Å². The molecule has 4 rings (SSSR count). The summed E-state index contributed by atoms with van der Waals surface area (Å²) in [5.41, 5.74) is 2.46. The molecule has 2 heterocycles. The number of benzene rings is 2. The third-order valence-electron chi connectivity index (χ3n) is 4.12. The molecule has 6 nitrogen and oxygen atoms in total. The second-order valence-corrected chi connectivity index (χ2v) is 8.49. The molecule has 0 fully saturated rings. The van der Waals surface area contributed by atoms with Crippen LogP contribution < -0.4 is 5.32 Å². The lowest BCUT2D eigenvalue weighted by molar-refractivity contribution is -0.113. The minimum Gasteiger partial charge on any atom is -0.325 e. The Morgan fingerprint density at radius 2 is 1.70 bits per heavy atom. The lowest BCUT2D eigenvalue weighted by atomic mass is 10.2. The van der Waals surface area contributed by atoms with E-state index >= 15 is 0 Å². The molecule has 0 radical (unpaired) electrons. The van der Waals surface area contributed by atoms with Crippen LogP contribution in [0.25, 0.3) is 17.1 Å². The van der Waals surface area contributed by atoms with Crippen LogP contribution in [-0.4, -0.2) is 31.4 Å². The Balaban J connectivity index is 1.58. The summed E-state index contributed by atoms with van der Waals surface area (Å²) in [6.07, 6.45) is 3.41. The van der Waals surface area contributed by atoms with E-state index in [-0.39, 0.29) is 11.7 Å². The van der Waals surface area contributed by atoms with Gasteiger partial charge in [-0.1, -0.05) is 39.3 Å². The predicted octanol–water partition coefficient (Wildman–Crippen LogP) is 5.48.